The molecule has 0 fully saturated rings. The first-order chi connectivity index (χ1) is 9.15. The van der Waals surface area contributed by atoms with E-state index < -0.39 is 6.23 Å². The number of benzene rings is 2. The predicted molar refractivity (Wildman–Crippen MR) is 74.1 cm³/mol. The van der Waals surface area contributed by atoms with E-state index in [1.165, 1.54) is 5.56 Å². The maximum absolute atomic E-state index is 11.7. The Hall–Kier alpha value is -2.29. The summed E-state index contributed by atoms with van der Waals surface area (Å²) in [6.07, 6.45) is -0.398. The van der Waals surface area contributed by atoms with Gasteiger partial charge in [-0.15, -0.1) is 0 Å². The second-order valence-electron chi connectivity index (χ2n) is 4.84. The Labute approximate surface area is 112 Å². The summed E-state index contributed by atoms with van der Waals surface area (Å²) in [6, 6.07) is 13.6. The van der Waals surface area contributed by atoms with Crippen molar-refractivity contribution in [1.82, 2.24) is 0 Å². The average Bonchev–Trinajstić information content (AvgIpc) is 2.71. The van der Waals surface area contributed by atoms with Crippen molar-refractivity contribution in [3.8, 4) is 0 Å². The van der Waals surface area contributed by atoms with E-state index >= 15 is 0 Å². The van der Waals surface area contributed by atoms with Crippen LogP contribution in [0.15, 0.2) is 42.5 Å². The van der Waals surface area contributed by atoms with E-state index in [4.69, 9.17) is 4.74 Å². The lowest BCUT2D eigenvalue weighted by Crippen LogP contribution is -2.11. The van der Waals surface area contributed by atoms with E-state index in [2.05, 4.69) is 18.3 Å². The summed E-state index contributed by atoms with van der Waals surface area (Å²) >= 11 is 0. The van der Waals surface area contributed by atoms with Gasteiger partial charge in [0.05, 0.1) is 5.56 Å². The third-order valence-electron chi connectivity index (χ3n) is 3.36. The van der Waals surface area contributed by atoms with Gasteiger partial charge in [0.2, 0.25) is 6.23 Å². The van der Waals surface area contributed by atoms with E-state index in [1.807, 2.05) is 37.3 Å². The average molecular weight is 253 g/mol. The SMILES string of the molecule is Cc1ccc(N[C@H]2OC(=O)c3ccccc32)c(C)c1. The van der Waals surface area contributed by atoms with Crippen LogP contribution >= 0.6 is 0 Å². The van der Waals surface area contributed by atoms with Crippen LogP contribution in [0.2, 0.25) is 0 Å². The first-order valence-electron chi connectivity index (χ1n) is 6.29. The zero-order valence-corrected chi connectivity index (χ0v) is 10.9. The van der Waals surface area contributed by atoms with E-state index in [-0.39, 0.29) is 5.97 Å². The van der Waals surface area contributed by atoms with Gasteiger partial charge in [-0.1, -0.05) is 35.9 Å². The largest absolute Gasteiger partial charge is 0.434 e. The monoisotopic (exact) mass is 253 g/mol. The van der Waals surface area contributed by atoms with Gasteiger partial charge in [-0.05, 0) is 31.5 Å². The van der Waals surface area contributed by atoms with Crippen LogP contribution in [0, 0.1) is 13.8 Å². The van der Waals surface area contributed by atoms with Crippen LogP contribution < -0.4 is 5.32 Å². The molecule has 0 saturated carbocycles. The highest BCUT2D eigenvalue weighted by atomic mass is 16.6. The molecular formula is C16H15NO2. The lowest BCUT2D eigenvalue weighted by Gasteiger charge is -2.16. The smallest absolute Gasteiger partial charge is 0.340 e. The number of cyclic esters (lactones) is 1. The van der Waals surface area contributed by atoms with Crippen molar-refractivity contribution in [2.75, 3.05) is 5.32 Å². The molecule has 1 atom stereocenters. The Morgan fingerprint density at radius 1 is 1.11 bits per heavy atom. The molecule has 1 N–H and O–H groups in total. The molecule has 3 nitrogen and oxygen atoms in total. The molecule has 0 amide bonds. The van der Waals surface area contributed by atoms with Crippen LogP contribution in [0.4, 0.5) is 5.69 Å². The number of hydrogen-bond donors (Lipinski definition) is 1. The summed E-state index contributed by atoms with van der Waals surface area (Å²) in [6.45, 7) is 4.10. The standard InChI is InChI=1S/C16H15NO2/c1-10-7-8-14(11(2)9-10)17-15-12-5-3-4-6-13(12)16(18)19-15/h3-9,15,17H,1-2H3/t15-/m0/s1. The minimum atomic E-state index is -0.398. The Balaban J connectivity index is 1.91. The van der Waals surface area contributed by atoms with Crippen LogP contribution in [0.3, 0.4) is 0 Å². The molecule has 2 aromatic rings. The van der Waals surface area contributed by atoms with Crippen LogP contribution in [-0.2, 0) is 4.74 Å². The van der Waals surface area contributed by atoms with Crippen LogP contribution in [0.5, 0.6) is 0 Å². The molecule has 0 aromatic heterocycles. The molecule has 2 aromatic carbocycles. The van der Waals surface area contributed by atoms with Crippen molar-refractivity contribution < 1.29 is 9.53 Å². The maximum Gasteiger partial charge on any atom is 0.340 e. The highest BCUT2D eigenvalue weighted by molar-refractivity contribution is 5.94. The van der Waals surface area contributed by atoms with Gasteiger partial charge in [-0.25, -0.2) is 4.79 Å². The van der Waals surface area contributed by atoms with E-state index in [1.54, 1.807) is 6.07 Å². The molecular weight excluding hydrogens is 238 g/mol. The van der Waals surface area contributed by atoms with E-state index in [9.17, 15) is 4.79 Å². The lowest BCUT2D eigenvalue weighted by atomic mass is 10.1. The molecule has 0 bridgehead atoms. The van der Waals surface area contributed by atoms with Crippen molar-refractivity contribution in [2.45, 2.75) is 20.1 Å². The number of rotatable bonds is 2. The maximum atomic E-state index is 11.7. The summed E-state index contributed by atoms with van der Waals surface area (Å²) in [5.41, 5.74) is 4.88. The molecule has 3 rings (SSSR count). The third kappa shape index (κ3) is 2.08. The fourth-order valence-corrected chi connectivity index (χ4v) is 2.37. The summed E-state index contributed by atoms with van der Waals surface area (Å²) < 4.78 is 5.37. The van der Waals surface area contributed by atoms with E-state index in [0.29, 0.717) is 5.56 Å². The second-order valence-corrected chi connectivity index (χ2v) is 4.84. The highest BCUT2D eigenvalue weighted by Crippen LogP contribution is 2.32. The fraction of sp³-hybridized carbons (Fsp3) is 0.188. The van der Waals surface area contributed by atoms with Crippen molar-refractivity contribution in [3.63, 3.8) is 0 Å². The summed E-state index contributed by atoms with van der Waals surface area (Å²) in [5, 5.41) is 3.28. The molecule has 96 valence electrons. The third-order valence-corrected chi connectivity index (χ3v) is 3.36. The van der Waals surface area contributed by atoms with Crippen molar-refractivity contribution in [2.24, 2.45) is 0 Å². The van der Waals surface area contributed by atoms with Crippen molar-refractivity contribution in [1.29, 1.82) is 0 Å². The zero-order chi connectivity index (χ0) is 13.4. The number of carbonyl (C=O) groups excluding carboxylic acids is 1. The Bertz CT molecular complexity index is 649. The lowest BCUT2D eigenvalue weighted by molar-refractivity contribution is 0.0437. The number of nitrogens with one attached hydrogen (secondary N) is 1. The Morgan fingerprint density at radius 2 is 1.89 bits per heavy atom. The predicted octanol–water partition coefficient (Wildman–Crippen LogP) is 3.58. The van der Waals surface area contributed by atoms with Gasteiger partial charge in [-0.3, -0.25) is 0 Å². The first-order valence-corrected chi connectivity index (χ1v) is 6.29. The molecule has 1 aliphatic heterocycles. The van der Waals surface area contributed by atoms with Gasteiger partial charge in [0, 0.05) is 11.3 Å². The van der Waals surface area contributed by atoms with Gasteiger partial charge in [0.25, 0.3) is 0 Å². The van der Waals surface area contributed by atoms with Gasteiger partial charge < -0.3 is 10.1 Å². The number of hydrogen-bond acceptors (Lipinski definition) is 3. The van der Waals surface area contributed by atoms with Gasteiger partial charge in [0.15, 0.2) is 0 Å². The molecule has 3 heteroatoms. The Morgan fingerprint density at radius 3 is 2.68 bits per heavy atom. The first kappa shape index (κ1) is 11.8. The Kier molecular flexibility index (Phi) is 2.75. The van der Waals surface area contributed by atoms with Gasteiger partial charge >= 0.3 is 5.97 Å². The minimum absolute atomic E-state index is 0.266. The van der Waals surface area contributed by atoms with Gasteiger partial charge in [-0.2, -0.15) is 0 Å². The highest BCUT2D eigenvalue weighted by Gasteiger charge is 2.30. The van der Waals surface area contributed by atoms with Crippen LogP contribution in [-0.4, -0.2) is 5.97 Å². The van der Waals surface area contributed by atoms with E-state index in [0.717, 1.165) is 16.8 Å². The number of aryl methyl sites for hydroxylation is 2. The van der Waals surface area contributed by atoms with Crippen molar-refractivity contribution in [3.05, 3.63) is 64.7 Å². The topological polar surface area (TPSA) is 38.3 Å². The summed E-state index contributed by atoms with van der Waals surface area (Å²) in [4.78, 5) is 11.7. The van der Waals surface area contributed by atoms with Gasteiger partial charge in [0.1, 0.15) is 0 Å². The summed E-state index contributed by atoms with van der Waals surface area (Å²) in [5.74, 6) is -0.266. The molecule has 0 unspecified atom stereocenters. The molecule has 1 aliphatic rings. The molecule has 0 aliphatic carbocycles. The fourth-order valence-electron chi connectivity index (χ4n) is 2.37. The molecule has 0 saturated heterocycles. The minimum Gasteiger partial charge on any atom is -0.434 e. The number of esters is 1. The van der Waals surface area contributed by atoms with Crippen LogP contribution in [0.25, 0.3) is 0 Å². The normalized spacial score (nSPS) is 16.9. The number of carbonyl (C=O) groups is 1. The summed E-state index contributed by atoms with van der Waals surface area (Å²) in [7, 11) is 0. The number of anilines is 1. The number of ether oxygens (including phenoxy) is 1. The molecule has 19 heavy (non-hydrogen) atoms. The molecule has 0 radical (unpaired) electrons. The number of fused-ring (bicyclic) bond motifs is 1. The molecule has 1 heterocycles. The molecule has 0 spiro atoms. The van der Waals surface area contributed by atoms with Crippen LogP contribution in [0.1, 0.15) is 33.3 Å². The second kappa shape index (κ2) is 4.43. The zero-order valence-electron chi connectivity index (χ0n) is 10.9. The quantitative estimate of drug-likeness (QED) is 0.831. The van der Waals surface area contributed by atoms with Crippen molar-refractivity contribution >= 4 is 11.7 Å².